The van der Waals surface area contributed by atoms with Gasteiger partial charge in [-0.2, -0.15) is 5.10 Å². The second-order valence-corrected chi connectivity index (χ2v) is 7.13. The number of pyridine rings is 1. The third kappa shape index (κ3) is 4.30. The van der Waals surface area contributed by atoms with E-state index < -0.39 is 0 Å². The molecule has 0 radical (unpaired) electrons. The van der Waals surface area contributed by atoms with Crippen LogP contribution in [0.25, 0.3) is 0 Å². The molecular weight excluding hydrogens is 326 g/mol. The Balaban J connectivity index is 1.82. The van der Waals surface area contributed by atoms with Crippen LogP contribution in [0.3, 0.4) is 0 Å². The largest absolute Gasteiger partial charge is 0.333 e. The number of nitrogens with one attached hydrogen (secondary N) is 1. The summed E-state index contributed by atoms with van der Waals surface area (Å²) in [6, 6.07) is 6.15. The van der Waals surface area contributed by atoms with Gasteiger partial charge in [-0.25, -0.2) is 0 Å². The van der Waals surface area contributed by atoms with Crippen LogP contribution in [0.4, 0.5) is 0 Å². The fourth-order valence-corrected chi connectivity index (χ4v) is 3.73. The Bertz CT molecular complexity index is 732. The lowest BCUT2D eigenvalue weighted by atomic mass is 10.0. The Kier molecular flexibility index (Phi) is 6.04. The van der Waals surface area contributed by atoms with Crippen molar-refractivity contribution in [3.05, 3.63) is 47.0 Å². The highest BCUT2D eigenvalue weighted by Crippen LogP contribution is 2.20. The van der Waals surface area contributed by atoms with Crippen LogP contribution in [0.1, 0.15) is 41.9 Å². The van der Waals surface area contributed by atoms with Crippen LogP contribution < -0.4 is 5.32 Å². The zero-order valence-electron chi connectivity index (χ0n) is 16.0. The van der Waals surface area contributed by atoms with Crippen LogP contribution >= 0.6 is 0 Å². The van der Waals surface area contributed by atoms with Crippen LogP contribution in [0.5, 0.6) is 0 Å². The quantitative estimate of drug-likeness (QED) is 0.893. The lowest BCUT2D eigenvalue weighted by Gasteiger charge is -2.31. The lowest BCUT2D eigenvalue weighted by Crippen LogP contribution is -2.41. The molecule has 6 heteroatoms. The van der Waals surface area contributed by atoms with Gasteiger partial charge in [-0.3, -0.25) is 14.5 Å². The summed E-state index contributed by atoms with van der Waals surface area (Å²) < 4.78 is 1.86. The SMILES string of the molecule is Cc1nn(C)c(C)c1CC(=O)N(Cc1ccccn1)C1CCCNCC1. The molecular formula is C20H29N5O. The lowest BCUT2D eigenvalue weighted by molar-refractivity contribution is -0.133. The van der Waals surface area contributed by atoms with Gasteiger partial charge in [-0.1, -0.05) is 6.07 Å². The minimum Gasteiger partial charge on any atom is -0.333 e. The van der Waals surface area contributed by atoms with Crippen molar-refractivity contribution in [2.75, 3.05) is 13.1 Å². The van der Waals surface area contributed by atoms with Crippen molar-refractivity contribution in [3.8, 4) is 0 Å². The molecule has 0 aromatic carbocycles. The Morgan fingerprint density at radius 2 is 2.15 bits per heavy atom. The molecule has 26 heavy (non-hydrogen) atoms. The molecule has 2 aromatic rings. The van der Waals surface area contributed by atoms with Crippen molar-refractivity contribution in [1.82, 2.24) is 25.0 Å². The predicted octanol–water partition coefficient (Wildman–Crippen LogP) is 2.15. The van der Waals surface area contributed by atoms with Crippen LogP contribution in [-0.2, 0) is 24.8 Å². The van der Waals surface area contributed by atoms with Gasteiger partial charge in [0.2, 0.25) is 5.91 Å². The second kappa shape index (κ2) is 8.45. The number of aromatic nitrogens is 3. The molecule has 1 amide bonds. The number of aryl methyl sites for hydroxylation is 2. The first-order valence-corrected chi connectivity index (χ1v) is 9.45. The average Bonchev–Trinajstić information content (AvgIpc) is 2.85. The number of rotatable bonds is 5. The van der Waals surface area contributed by atoms with Gasteiger partial charge < -0.3 is 10.2 Å². The number of hydrogen-bond donors (Lipinski definition) is 1. The standard InChI is InChI=1S/C20H29N5O/c1-15-19(16(2)24(3)23-15)13-20(26)25(14-17-7-4-5-11-22-17)18-8-6-10-21-12-9-18/h4-5,7,11,18,21H,6,8-10,12-14H2,1-3H3. The molecule has 0 saturated carbocycles. The van der Waals surface area contributed by atoms with Crippen molar-refractivity contribution >= 4 is 5.91 Å². The fraction of sp³-hybridized carbons (Fsp3) is 0.550. The molecule has 3 rings (SSSR count). The maximum atomic E-state index is 13.3. The summed E-state index contributed by atoms with van der Waals surface area (Å²) in [5.41, 5.74) is 4.00. The van der Waals surface area contributed by atoms with E-state index in [4.69, 9.17) is 0 Å². The molecule has 0 bridgehead atoms. The van der Waals surface area contributed by atoms with Crippen molar-refractivity contribution in [1.29, 1.82) is 0 Å². The molecule has 1 fully saturated rings. The molecule has 6 nitrogen and oxygen atoms in total. The molecule has 1 aliphatic rings. The summed E-state index contributed by atoms with van der Waals surface area (Å²) in [5, 5.41) is 7.90. The molecule has 1 unspecified atom stereocenters. The second-order valence-electron chi connectivity index (χ2n) is 7.13. The van der Waals surface area contributed by atoms with Crippen molar-refractivity contribution in [2.45, 2.75) is 52.1 Å². The Morgan fingerprint density at radius 1 is 1.31 bits per heavy atom. The van der Waals surface area contributed by atoms with Crippen molar-refractivity contribution < 1.29 is 4.79 Å². The fourth-order valence-electron chi connectivity index (χ4n) is 3.73. The summed E-state index contributed by atoms with van der Waals surface area (Å²) in [6.45, 7) is 6.57. The zero-order valence-corrected chi connectivity index (χ0v) is 16.0. The number of carbonyl (C=O) groups is 1. The first-order valence-electron chi connectivity index (χ1n) is 9.45. The maximum absolute atomic E-state index is 13.3. The number of carbonyl (C=O) groups excluding carboxylic acids is 1. The van der Waals surface area contributed by atoms with Gasteiger partial charge in [0.25, 0.3) is 0 Å². The van der Waals surface area contributed by atoms with E-state index in [9.17, 15) is 4.79 Å². The first kappa shape index (κ1) is 18.6. The summed E-state index contributed by atoms with van der Waals surface area (Å²) >= 11 is 0. The van der Waals surface area contributed by atoms with E-state index >= 15 is 0 Å². The van der Waals surface area contributed by atoms with Gasteiger partial charge in [0, 0.05) is 30.5 Å². The van der Waals surface area contributed by atoms with E-state index in [1.165, 1.54) is 0 Å². The summed E-state index contributed by atoms with van der Waals surface area (Å²) in [7, 11) is 1.93. The molecule has 1 N–H and O–H groups in total. The Labute approximate surface area is 155 Å². The van der Waals surface area contributed by atoms with Gasteiger partial charge >= 0.3 is 0 Å². The van der Waals surface area contributed by atoms with Crippen molar-refractivity contribution in [2.24, 2.45) is 7.05 Å². The highest BCUT2D eigenvalue weighted by molar-refractivity contribution is 5.79. The topological polar surface area (TPSA) is 63.1 Å². The summed E-state index contributed by atoms with van der Waals surface area (Å²) in [5.74, 6) is 0.168. The van der Waals surface area contributed by atoms with E-state index in [2.05, 4.69) is 15.4 Å². The molecule has 2 aromatic heterocycles. The molecule has 140 valence electrons. The first-order chi connectivity index (χ1) is 12.6. The Morgan fingerprint density at radius 3 is 2.85 bits per heavy atom. The van der Waals surface area contributed by atoms with E-state index in [-0.39, 0.29) is 11.9 Å². The van der Waals surface area contributed by atoms with E-state index in [1.54, 1.807) is 6.20 Å². The van der Waals surface area contributed by atoms with Gasteiger partial charge in [0.15, 0.2) is 0 Å². The zero-order chi connectivity index (χ0) is 18.5. The number of nitrogens with zero attached hydrogens (tertiary/aromatic N) is 4. The maximum Gasteiger partial charge on any atom is 0.227 e. The van der Waals surface area contributed by atoms with Gasteiger partial charge in [-0.05, 0) is 58.3 Å². The molecule has 0 aliphatic carbocycles. The summed E-state index contributed by atoms with van der Waals surface area (Å²) in [4.78, 5) is 19.8. The monoisotopic (exact) mass is 355 g/mol. The normalized spacial score (nSPS) is 17.7. The minimum atomic E-state index is 0.168. The predicted molar refractivity (Wildman–Crippen MR) is 102 cm³/mol. The van der Waals surface area contributed by atoms with Gasteiger partial charge in [0.05, 0.1) is 24.4 Å². The van der Waals surface area contributed by atoms with Crippen LogP contribution in [-0.4, -0.2) is 44.7 Å². The number of hydrogen-bond acceptors (Lipinski definition) is 4. The molecule has 1 saturated heterocycles. The smallest absolute Gasteiger partial charge is 0.227 e. The highest BCUT2D eigenvalue weighted by atomic mass is 16.2. The van der Waals surface area contributed by atoms with E-state index in [1.807, 2.05) is 48.7 Å². The van der Waals surface area contributed by atoms with Crippen LogP contribution in [0.15, 0.2) is 24.4 Å². The van der Waals surface area contributed by atoms with Gasteiger partial charge in [-0.15, -0.1) is 0 Å². The third-order valence-corrected chi connectivity index (χ3v) is 5.35. The van der Waals surface area contributed by atoms with Crippen LogP contribution in [0, 0.1) is 13.8 Å². The molecule has 0 spiro atoms. The Hall–Kier alpha value is -2.21. The van der Waals surface area contributed by atoms with Gasteiger partial charge in [0.1, 0.15) is 0 Å². The minimum absolute atomic E-state index is 0.168. The molecule has 3 heterocycles. The van der Waals surface area contributed by atoms with Crippen molar-refractivity contribution in [3.63, 3.8) is 0 Å². The molecule has 1 atom stereocenters. The molecule has 1 aliphatic heterocycles. The summed E-state index contributed by atoms with van der Waals surface area (Å²) in [6.07, 6.45) is 5.33. The van der Waals surface area contributed by atoms with Crippen LogP contribution in [0.2, 0.25) is 0 Å². The highest BCUT2D eigenvalue weighted by Gasteiger charge is 2.26. The van der Waals surface area contributed by atoms with E-state index in [0.717, 1.165) is 55.0 Å². The average molecular weight is 355 g/mol. The third-order valence-electron chi connectivity index (χ3n) is 5.35. The van der Waals surface area contributed by atoms with E-state index in [0.29, 0.717) is 13.0 Å². The number of amides is 1.